The molecule has 2 N–H and O–H groups in total. The van der Waals surface area contributed by atoms with Crippen LogP contribution in [0.25, 0.3) is 0 Å². The van der Waals surface area contributed by atoms with Crippen LogP contribution in [0.4, 0.5) is 0 Å². The lowest BCUT2D eigenvalue weighted by atomic mass is 10.0. The molecule has 1 unspecified atom stereocenters. The van der Waals surface area contributed by atoms with E-state index in [1.807, 2.05) is 39.0 Å². The van der Waals surface area contributed by atoms with Crippen LogP contribution in [0, 0.1) is 6.92 Å². The highest BCUT2D eigenvalue weighted by molar-refractivity contribution is 6.35. The minimum absolute atomic E-state index is 0.210. The van der Waals surface area contributed by atoms with Crippen molar-refractivity contribution in [3.05, 3.63) is 53.6 Å². The number of carbonyl (C=O) groups excluding carboxylic acids is 2. The van der Waals surface area contributed by atoms with Crippen molar-refractivity contribution in [1.29, 1.82) is 0 Å². The van der Waals surface area contributed by atoms with Crippen LogP contribution in [0.15, 0.2) is 42.5 Å². The van der Waals surface area contributed by atoms with Crippen molar-refractivity contribution in [3.63, 3.8) is 0 Å². The molecule has 0 aliphatic carbocycles. The van der Waals surface area contributed by atoms with Crippen LogP contribution >= 0.6 is 0 Å². The topological polar surface area (TPSA) is 85.9 Å². The predicted molar refractivity (Wildman–Crippen MR) is 110 cm³/mol. The molecule has 0 radical (unpaired) electrons. The molecule has 0 bridgehead atoms. The third-order valence-electron chi connectivity index (χ3n) is 4.20. The average molecular weight is 400 g/mol. The van der Waals surface area contributed by atoms with Gasteiger partial charge in [-0.1, -0.05) is 17.7 Å². The second-order valence-corrected chi connectivity index (χ2v) is 6.45. The molecule has 0 fully saturated rings. The van der Waals surface area contributed by atoms with Crippen molar-refractivity contribution in [2.75, 3.05) is 26.9 Å². The third-order valence-corrected chi connectivity index (χ3v) is 4.20. The molecule has 29 heavy (non-hydrogen) atoms. The Balaban J connectivity index is 1.81. The van der Waals surface area contributed by atoms with Crippen LogP contribution in [-0.4, -0.2) is 38.7 Å². The highest BCUT2D eigenvalue weighted by Crippen LogP contribution is 2.26. The Morgan fingerprint density at radius 3 is 2.34 bits per heavy atom. The summed E-state index contributed by atoms with van der Waals surface area (Å²) in [7, 11) is 1.59. The highest BCUT2D eigenvalue weighted by atomic mass is 16.5. The zero-order valence-electron chi connectivity index (χ0n) is 17.3. The third kappa shape index (κ3) is 6.71. The summed E-state index contributed by atoms with van der Waals surface area (Å²) in [6.45, 7) is 6.65. The normalized spacial score (nSPS) is 11.3. The number of ether oxygens (including phenoxy) is 3. The Morgan fingerprint density at radius 2 is 1.69 bits per heavy atom. The fourth-order valence-electron chi connectivity index (χ4n) is 2.72. The maximum absolute atomic E-state index is 12.2. The number of benzene rings is 2. The summed E-state index contributed by atoms with van der Waals surface area (Å²) in [4.78, 5) is 24.3. The van der Waals surface area contributed by atoms with Crippen molar-refractivity contribution in [2.45, 2.75) is 26.8 Å². The molecule has 2 aromatic carbocycles. The first-order chi connectivity index (χ1) is 13.9. The van der Waals surface area contributed by atoms with E-state index in [9.17, 15) is 9.59 Å². The summed E-state index contributed by atoms with van der Waals surface area (Å²) in [5.41, 5.74) is 1.88. The van der Waals surface area contributed by atoms with Crippen molar-refractivity contribution in [2.24, 2.45) is 0 Å². The molecule has 2 aromatic rings. The quantitative estimate of drug-likeness (QED) is 0.499. The van der Waals surface area contributed by atoms with Crippen LogP contribution in [0.5, 0.6) is 17.2 Å². The summed E-state index contributed by atoms with van der Waals surface area (Å²) >= 11 is 0. The second kappa shape index (κ2) is 10.9. The number of aryl methyl sites for hydroxylation is 1. The minimum Gasteiger partial charge on any atom is -0.497 e. The zero-order valence-corrected chi connectivity index (χ0v) is 17.3. The van der Waals surface area contributed by atoms with Gasteiger partial charge in [-0.05, 0) is 51.1 Å². The molecule has 2 amide bonds. The number of amides is 2. The molecule has 1 atom stereocenters. The van der Waals surface area contributed by atoms with Gasteiger partial charge in [0.1, 0.15) is 23.9 Å². The van der Waals surface area contributed by atoms with Gasteiger partial charge in [0, 0.05) is 5.56 Å². The van der Waals surface area contributed by atoms with Gasteiger partial charge in [-0.3, -0.25) is 9.59 Å². The van der Waals surface area contributed by atoms with Gasteiger partial charge in [-0.25, -0.2) is 0 Å². The molecule has 2 rings (SSSR count). The number of hydrogen-bond acceptors (Lipinski definition) is 5. The number of rotatable bonds is 9. The number of hydrogen-bond donors (Lipinski definition) is 2. The first-order valence-corrected chi connectivity index (χ1v) is 9.53. The molecule has 0 aliphatic rings. The van der Waals surface area contributed by atoms with Gasteiger partial charge in [-0.15, -0.1) is 0 Å². The van der Waals surface area contributed by atoms with Crippen LogP contribution in [0.1, 0.15) is 31.0 Å². The molecule has 0 aliphatic heterocycles. The highest BCUT2D eigenvalue weighted by Gasteiger charge is 2.19. The van der Waals surface area contributed by atoms with E-state index < -0.39 is 11.8 Å². The molecule has 7 heteroatoms. The van der Waals surface area contributed by atoms with Crippen LogP contribution in [0.2, 0.25) is 0 Å². The van der Waals surface area contributed by atoms with E-state index in [4.69, 9.17) is 14.2 Å². The average Bonchev–Trinajstić information content (AvgIpc) is 2.72. The van der Waals surface area contributed by atoms with Crippen molar-refractivity contribution in [1.82, 2.24) is 10.6 Å². The number of methoxy groups -OCH3 is 1. The van der Waals surface area contributed by atoms with E-state index in [0.29, 0.717) is 18.1 Å². The summed E-state index contributed by atoms with van der Waals surface area (Å²) in [5.74, 6) is 0.671. The van der Waals surface area contributed by atoms with E-state index in [-0.39, 0.29) is 19.2 Å². The lowest BCUT2D eigenvalue weighted by molar-refractivity contribution is -0.139. The summed E-state index contributed by atoms with van der Waals surface area (Å²) in [6.07, 6.45) is 0. The lowest BCUT2D eigenvalue weighted by Crippen LogP contribution is -2.42. The fourth-order valence-corrected chi connectivity index (χ4v) is 2.72. The van der Waals surface area contributed by atoms with Crippen molar-refractivity contribution < 1.29 is 23.8 Å². The van der Waals surface area contributed by atoms with E-state index in [0.717, 1.165) is 16.9 Å². The maximum Gasteiger partial charge on any atom is 0.309 e. The molecule has 0 saturated heterocycles. The first-order valence-electron chi connectivity index (χ1n) is 9.53. The standard InChI is InChI=1S/C22H28N2O5/c1-5-28-20-11-6-15(2)14-19(20)16(3)24-22(26)21(25)23-12-13-29-18-9-7-17(27-4)8-10-18/h6-11,14,16H,5,12-13H2,1-4H3,(H,23,25)(H,24,26). The van der Waals surface area contributed by atoms with Gasteiger partial charge in [0.25, 0.3) is 0 Å². The Labute approximate surface area is 171 Å². The van der Waals surface area contributed by atoms with Gasteiger partial charge in [-0.2, -0.15) is 0 Å². The van der Waals surface area contributed by atoms with Gasteiger partial charge in [0.15, 0.2) is 0 Å². The molecular formula is C22H28N2O5. The zero-order chi connectivity index (χ0) is 21.2. The Kier molecular flexibility index (Phi) is 8.33. The Hall–Kier alpha value is -3.22. The molecule has 7 nitrogen and oxygen atoms in total. The smallest absolute Gasteiger partial charge is 0.309 e. The molecule has 156 valence electrons. The Morgan fingerprint density at radius 1 is 1.00 bits per heavy atom. The summed E-state index contributed by atoms with van der Waals surface area (Å²) < 4.78 is 16.2. The van der Waals surface area contributed by atoms with Crippen LogP contribution < -0.4 is 24.8 Å². The maximum atomic E-state index is 12.2. The minimum atomic E-state index is -0.708. The fraction of sp³-hybridized carbons (Fsp3) is 0.364. The van der Waals surface area contributed by atoms with Gasteiger partial charge in [0.2, 0.25) is 0 Å². The van der Waals surface area contributed by atoms with Gasteiger partial charge < -0.3 is 24.8 Å². The van der Waals surface area contributed by atoms with Crippen molar-refractivity contribution in [3.8, 4) is 17.2 Å². The molecule has 0 heterocycles. The Bertz CT molecular complexity index is 820. The summed E-state index contributed by atoms with van der Waals surface area (Å²) in [5, 5.41) is 5.26. The second-order valence-electron chi connectivity index (χ2n) is 6.45. The van der Waals surface area contributed by atoms with Crippen molar-refractivity contribution >= 4 is 11.8 Å². The van der Waals surface area contributed by atoms with E-state index in [1.54, 1.807) is 31.4 Å². The monoisotopic (exact) mass is 400 g/mol. The first kappa shape index (κ1) is 22.1. The van der Waals surface area contributed by atoms with Gasteiger partial charge in [0.05, 0.1) is 26.3 Å². The molecule has 0 aromatic heterocycles. The molecule has 0 spiro atoms. The van der Waals surface area contributed by atoms with Crippen LogP contribution in [0.3, 0.4) is 0 Å². The largest absolute Gasteiger partial charge is 0.497 e. The van der Waals surface area contributed by atoms with E-state index in [1.165, 1.54) is 0 Å². The summed E-state index contributed by atoms with van der Waals surface area (Å²) in [6, 6.07) is 12.5. The van der Waals surface area contributed by atoms with E-state index in [2.05, 4.69) is 10.6 Å². The SMILES string of the molecule is CCOc1ccc(C)cc1C(C)NC(=O)C(=O)NCCOc1ccc(OC)cc1. The lowest BCUT2D eigenvalue weighted by Gasteiger charge is -2.18. The number of carbonyl (C=O) groups is 2. The van der Waals surface area contributed by atoms with Crippen LogP contribution in [-0.2, 0) is 9.59 Å². The molecule has 0 saturated carbocycles. The van der Waals surface area contributed by atoms with Gasteiger partial charge >= 0.3 is 11.8 Å². The van der Waals surface area contributed by atoms with E-state index >= 15 is 0 Å². The predicted octanol–water partition coefficient (Wildman–Crippen LogP) is 2.77. The number of nitrogens with one attached hydrogen (secondary N) is 2. The molecular weight excluding hydrogens is 372 g/mol.